The van der Waals surface area contributed by atoms with Crippen LogP contribution in [0.3, 0.4) is 0 Å². The highest BCUT2D eigenvalue weighted by Crippen LogP contribution is 2.38. The van der Waals surface area contributed by atoms with E-state index < -0.39 is 0 Å². The van der Waals surface area contributed by atoms with E-state index in [1.807, 2.05) is 55.5 Å². The summed E-state index contributed by atoms with van der Waals surface area (Å²) < 4.78 is 7.55. The van der Waals surface area contributed by atoms with Crippen LogP contribution in [0.5, 0.6) is 11.8 Å². The molecule has 29 heavy (non-hydrogen) atoms. The van der Waals surface area contributed by atoms with Crippen molar-refractivity contribution in [3.63, 3.8) is 0 Å². The van der Waals surface area contributed by atoms with Gasteiger partial charge in [0, 0.05) is 23.2 Å². The van der Waals surface area contributed by atoms with Crippen molar-refractivity contribution in [2.45, 2.75) is 13.5 Å². The molecule has 0 saturated heterocycles. The van der Waals surface area contributed by atoms with Crippen LogP contribution in [-0.4, -0.2) is 32.2 Å². The maximum atomic E-state index is 12.3. The molecule has 1 amide bonds. The molecule has 2 aromatic heterocycles. The van der Waals surface area contributed by atoms with Crippen LogP contribution in [0.4, 0.5) is 5.82 Å². The average molecular weight is 388 g/mol. The minimum Gasteiger partial charge on any atom is -0.494 e. The van der Waals surface area contributed by atoms with Crippen LogP contribution in [0.2, 0.25) is 0 Å². The highest BCUT2D eigenvalue weighted by molar-refractivity contribution is 5.95. The van der Waals surface area contributed by atoms with Gasteiger partial charge < -0.3 is 15.2 Å². The first-order valence-electron chi connectivity index (χ1n) is 9.16. The number of aromatic hydroxyl groups is 1. The third-order valence-electron chi connectivity index (χ3n) is 4.50. The van der Waals surface area contributed by atoms with Gasteiger partial charge in [0.2, 0.25) is 11.8 Å². The van der Waals surface area contributed by atoms with E-state index in [2.05, 4.69) is 15.3 Å². The fourth-order valence-corrected chi connectivity index (χ4v) is 3.16. The monoisotopic (exact) mass is 388 g/mol. The Balaban J connectivity index is 1.63. The predicted octanol–water partition coefficient (Wildman–Crippen LogP) is 3.51. The van der Waals surface area contributed by atoms with E-state index >= 15 is 0 Å². The fraction of sp³-hybridized carbons (Fsp3) is 0.136. The molecule has 7 heteroatoms. The summed E-state index contributed by atoms with van der Waals surface area (Å²) in [6.07, 6.45) is 4.48. The topological polar surface area (TPSA) is 89.3 Å². The van der Waals surface area contributed by atoms with Crippen molar-refractivity contribution < 1.29 is 14.6 Å². The lowest BCUT2D eigenvalue weighted by molar-refractivity contribution is -0.118. The first-order chi connectivity index (χ1) is 14.1. The van der Waals surface area contributed by atoms with Gasteiger partial charge in [0.15, 0.2) is 12.4 Å². The molecule has 4 rings (SSSR count). The van der Waals surface area contributed by atoms with E-state index in [1.54, 1.807) is 4.57 Å². The van der Waals surface area contributed by atoms with E-state index in [9.17, 15) is 9.90 Å². The molecule has 0 saturated carbocycles. The molecule has 0 radical (unpaired) electrons. The van der Waals surface area contributed by atoms with Crippen molar-refractivity contribution in [2.24, 2.45) is 0 Å². The van der Waals surface area contributed by atoms with Gasteiger partial charge >= 0.3 is 0 Å². The number of aryl methyl sites for hydroxylation is 1. The third-order valence-corrected chi connectivity index (χ3v) is 4.50. The van der Waals surface area contributed by atoms with Crippen molar-refractivity contribution in [2.75, 3.05) is 11.9 Å². The lowest BCUT2D eigenvalue weighted by Gasteiger charge is -2.12. The van der Waals surface area contributed by atoms with Gasteiger partial charge in [-0.3, -0.25) is 14.3 Å². The first kappa shape index (κ1) is 18.5. The normalized spacial score (nSPS) is 10.8. The summed E-state index contributed by atoms with van der Waals surface area (Å²) in [5.41, 5.74) is 2.04. The number of benzene rings is 2. The molecule has 2 aromatic carbocycles. The molecule has 0 aliphatic carbocycles. The second kappa shape index (κ2) is 8.02. The molecule has 7 nitrogen and oxygen atoms in total. The number of carbonyl (C=O) groups excluding carboxylic acids is 1. The molecule has 2 heterocycles. The highest BCUT2D eigenvalue weighted by Gasteiger charge is 2.19. The SMILES string of the molecule is Cc1ccc2c(O)n(Cc3ccccc3)c(OCC(=O)Nc3cnccn3)c2c1. The zero-order valence-corrected chi connectivity index (χ0v) is 15.9. The zero-order chi connectivity index (χ0) is 20.2. The standard InChI is InChI=1S/C22H20N4O3/c1-15-7-8-17-18(11-15)22(26(21(17)28)13-16-5-3-2-4-6-16)29-14-20(27)25-19-12-23-9-10-24-19/h2-12,28H,13-14H2,1H3,(H,24,25,27). The van der Waals surface area contributed by atoms with Crippen molar-refractivity contribution in [3.05, 3.63) is 78.2 Å². The summed E-state index contributed by atoms with van der Waals surface area (Å²) in [4.78, 5) is 20.2. The lowest BCUT2D eigenvalue weighted by Crippen LogP contribution is -2.21. The molecule has 146 valence electrons. The van der Waals surface area contributed by atoms with Gasteiger partial charge in [-0.05, 0) is 24.6 Å². The number of fused-ring (bicyclic) bond motifs is 1. The number of nitrogens with zero attached hydrogens (tertiary/aromatic N) is 3. The molecule has 0 bridgehead atoms. The van der Waals surface area contributed by atoms with Crippen LogP contribution in [0, 0.1) is 6.92 Å². The van der Waals surface area contributed by atoms with Crippen LogP contribution >= 0.6 is 0 Å². The van der Waals surface area contributed by atoms with E-state index in [0.717, 1.165) is 16.5 Å². The molecule has 0 aliphatic rings. The molecule has 0 fully saturated rings. The van der Waals surface area contributed by atoms with E-state index in [1.165, 1.54) is 18.6 Å². The number of hydrogen-bond donors (Lipinski definition) is 2. The Hall–Kier alpha value is -3.87. The number of ether oxygens (including phenoxy) is 1. The zero-order valence-electron chi connectivity index (χ0n) is 15.9. The van der Waals surface area contributed by atoms with Gasteiger partial charge in [0.25, 0.3) is 5.91 Å². The number of anilines is 1. The Labute approximate surface area is 167 Å². The summed E-state index contributed by atoms with van der Waals surface area (Å²) in [6, 6.07) is 15.5. The van der Waals surface area contributed by atoms with E-state index in [4.69, 9.17) is 4.74 Å². The fourth-order valence-electron chi connectivity index (χ4n) is 3.16. The molecule has 0 spiro atoms. The first-order valence-corrected chi connectivity index (χ1v) is 9.16. The minimum atomic E-state index is -0.363. The minimum absolute atomic E-state index is 0.105. The van der Waals surface area contributed by atoms with Gasteiger partial charge in [-0.25, -0.2) is 4.98 Å². The summed E-state index contributed by atoms with van der Waals surface area (Å²) in [5, 5.41) is 14.9. The van der Waals surface area contributed by atoms with Crippen LogP contribution in [0.15, 0.2) is 67.1 Å². The molecule has 0 unspecified atom stereocenters. The molecular weight excluding hydrogens is 368 g/mol. The summed E-state index contributed by atoms with van der Waals surface area (Å²) in [5.74, 6) is 0.537. The van der Waals surface area contributed by atoms with Crippen LogP contribution in [0.25, 0.3) is 10.8 Å². The largest absolute Gasteiger partial charge is 0.494 e. The van der Waals surface area contributed by atoms with Gasteiger partial charge in [0.1, 0.15) is 0 Å². The maximum absolute atomic E-state index is 12.3. The van der Waals surface area contributed by atoms with Gasteiger partial charge in [0.05, 0.1) is 12.7 Å². The Morgan fingerprint density at radius 3 is 2.72 bits per heavy atom. The van der Waals surface area contributed by atoms with Crippen molar-refractivity contribution in [1.82, 2.24) is 14.5 Å². The second-order valence-electron chi connectivity index (χ2n) is 6.68. The number of aromatic nitrogens is 3. The van der Waals surface area contributed by atoms with E-state index in [-0.39, 0.29) is 18.4 Å². The number of nitrogens with one attached hydrogen (secondary N) is 1. The van der Waals surface area contributed by atoms with Crippen molar-refractivity contribution >= 4 is 22.5 Å². The number of rotatable bonds is 6. The summed E-state index contributed by atoms with van der Waals surface area (Å²) >= 11 is 0. The molecular formula is C22H20N4O3. The Bertz CT molecular complexity index is 1140. The predicted molar refractivity (Wildman–Crippen MR) is 110 cm³/mol. The van der Waals surface area contributed by atoms with Crippen molar-refractivity contribution in [3.8, 4) is 11.8 Å². The number of amides is 1. The second-order valence-corrected chi connectivity index (χ2v) is 6.68. The summed E-state index contributed by atoms with van der Waals surface area (Å²) in [7, 11) is 0. The van der Waals surface area contributed by atoms with Crippen LogP contribution in [0.1, 0.15) is 11.1 Å². The number of carbonyl (C=O) groups is 1. The average Bonchev–Trinajstić information content (AvgIpc) is 2.98. The Morgan fingerprint density at radius 1 is 1.14 bits per heavy atom. The molecule has 0 aliphatic heterocycles. The van der Waals surface area contributed by atoms with Gasteiger partial charge in [-0.1, -0.05) is 42.0 Å². The summed E-state index contributed by atoms with van der Waals surface area (Å²) in [6.45, 7) is 2.16. The third kappa shape index (κ3) is 4.03. The molecule has 2 N–H and O–H groups in total. The quantitative estimate of drug-likeness (QED) is 0.528. The lowest BCUT2D eigenvalue weighted by atomic mass is 10.1. The van der Waals surface area contributed by atoms with Gasteiger partial charge in [-0.2, -0.15) is 0 Å². The maximum Gasteiger partial charge on any atom is 0.263 e. The molecule has 0 atom stereocenters. The van der Waals surface area contributed by atoms with Gasteiger partial charge in [-0.15, -0.1) is 0 Å². The highest BCUT2D eigenvalue weighted by atomic mass is 16.5. The molecule has 4 aromatic rings. The van der Waals surface area contributed by atoms with Crippen LogP contribution in [-0.2, 0) is 11.3 Å². The van der Waals surface area contributed by atoms with Crippen molar-refractivity contribution in [1.29, 1.82) is 0 Å². The Morgan fingerprint density at radius 2 is 1.97 bits per heavy atom. The van der Waals surface area contributed by atoms with E-state index in [0.29, 0.717) is 23.6 Å². The number of hydrogen-bond acceptors (Lipinski definition) is 5. The van der Waals surface area contributed by atoms with Crippen LogP contribution < -0.4 is 10.1 Å². The smallest absolute Gasteiger partial charge is 0.263 e. The Kier molecular flexibility index (Phi) is 5.11.